The second-order valence-corrected chi connectivity index (χ2v) is 10.3. The number of amides is 1. The van der Waals surface area contributed by atoms with Crippen molar-refractivity contribution in [3.8, 4) is 17.2 Å². The predicted molar refractivity (Wildman–Crippen MR) is 147 cm³/mol. The number of carbonyl (C=O) groups excluding carboxylic acids is 3. The normalized spacial score (nSPS) is 19.4. The number of rotatable bonds is 7. The van der Waals surface area contributed by atoms with Crippen LogP contribution in [-0.2, 0) is 20.7 Å². The van der Waals surface area contributed by atoms with Gasteiger partial charge in [0.15, 0.2) is 16.6 Å². The zero-order chi connectivity index (χ0) is 28.7. The molecular weight excluding hydrogens is 536 g/mol. The highest BCUT2D eigenvalue weighted by Crippen LogP contribution is 2.46. The van der Waals surface area contributed by atoms with Gasteiger partial charge in [-0.25, -0.2) is 9.78 Å². The number of hydrogen-bond acceptors (Lipinski definition) is 10. The van der Waals surface area contributed by atoms with Crippen molar-refractivity contribution in [3.63, 3.8) is 0 Å². The lowest BCUT2D eigenvalue weighted by Gasteiger charge is -2.24. The number of ether oxygens (including phenoxy) is 4. The zero-order valence-electron chi connectivity index (χ0n) is 22.6. The summed E-state index contributed by atoms with van der Waals surface area (Å²) >= 11 is 0.931. The molecule has 5 rings (SSSR count). The van der Waals surface area contributed by atoms with Gasteiger partial charge in [-0.3, -0.25) is 14.5 Å². The lowest BCUT2D eigenvalue weighted by Crippen LogP contribution is -2.29. The van der Waals surface area contributed by atoms with Gasteiger partial charge in [0.2, 0.25) is 0 Å². The Morgan fingerprint density at radius 1 is 1.18 bits per heavy atom. The van der Waals surface area contributed by atoms with Gasteiger partial charge >= 0.3 is 11.9 Å². The number of carbonyl (C=O) groups is 3. The van der Waals surface area contributed by atoms with Gasteiger partial charge in [0.1, 0.15) is 22.5 Å². The Balaban J connectivity index is 1.70. The zero-order valence-corrected chi connectivity index (χ0v) is 23.5. The molecule has 1 aromatic heterocycles. The van der Waals surface area contributed by atoms with Crippen LogP contribution in [0, 0.1) is 6.92 Å². The first-order chi connectivity index (χ1) is 19.2. The molecule has 40 heavy (non-hydrogen) atoms. The van der Waals surface area contributed by atoms with Gasteiger partial charge in [-0.15, -0.1) is 0 Å². The third kappa shape index (κ3) is 4.56. The standard InChI is InChI=1S/C29H28N2O8S/c1-6-38-20-10-7-16(13-21(20)36-4)23-22(24(32)17-8-9-19-18(12-17)11-14(2)39-19)25(33)27(34)31(23)29-30-15(3)26(40-29)28(35)37-5/h7-10,12-14,23,32H,6,11H2,1-5H3/b24-22+. The molecule has 1 N–H and O–H groups in total. The molecule has 2 atom stereocenters. The quantitative estimate of drug-likeness (QED) is 0.190. The Kier molecular flexibility index (Phi) is 7.24. The van der Waals surface area contributed by atoms with Gasteiger partial charge in [-0.1, -0.05) is 17.4 Å². The highest BCUT2D eigenvalue weighted by Gasteiger charge is 2.48. The largest absolute Gasteiger partial charge is 0.507 e. The molecule has 208 valence electrons. The van der Waals surface area contributed by atoms with E-state index in [1.165, 1.54) is 19.1 Å². The van der Waals surface area contributed by atoms with Gasteiger partial charge in [0.05, 0.1) is 38.1 Å². The van der Waals surface area contributed by atoms with Gasteiger partial charge in [0, 0.05) is 12.0 Å². The van der Waals surface area contributed by atoms with Crippen molar-refractivity contribution in [2.24, 2.45) is 0 Å². The Hall–Kier alpha value is -4.38. The summed E-state index contributed by atoms with van der Waals surface area (Å²) in [5.41, 5.74) is 1.98. The second-order valence-electron chi connectivity index (χ2n) is 9.37. The fraction of sp³-hybridized carbons (Fsp3) is 0.310. The van der Waals surface area contributed by atoms with Crippen LogP contribution in [0.5, 0.6) is 17.2 Å². The molecule has 0 radical (unpaired) electrons. The number of esters is 1. The van der Waals surface area contributed by atoms with E-state index in [1.807, 2.05) is 13.8 Å². The fourth-order valence-corrected chi connectivity index (χ4v) is 5.98. The van der Waals surface area contributed by atoms with E-state index in [0.717, 1.165) is 16.9 Å². The lowest BCUT2D eigenvalue weighted by atomic mass is 9.94. The molecule has 2 aliphatic heterocycles. The summed E-state index contributed by atoms with van der Waals surface area (Å²) in [5.74, 6) is -1.12. The average molecular weight is 565 g/mol. The average Bonchev–Trinajstić information content (AvgIpc) is 3.59. The SMILES string of the molecule is CCOc1ccc(C2/C(=C(\O)c3ccc4c(c3)CC(C)O4)C(=O)C(=O)N2c2nc(C)c(C(=O)OC)s2)cc1OC. The Bertz CT molecular complexity index is 1560. The number of aryl methyl sites for hydroxylation is 1. The van der Waals surface area contributed by atoms with Crippen LogP contribution in [0.4, 0.5) is 5.13 Å². The molecule has 3 heterocycles. The number of nitrogens with zero attached hydrogens (tertiary/aromatic N) is 2. The van der Waals surface area contributed by atoms with Crippen LogP contribution >= 0.6 is 11.3 Å². The minimum absolute atomic E-state index is 0.00792. The van der Waals surface area contributed by atoms with Crippen LogP contribution in [0.15, 0.2) is 42.0 Å². The van der Waals surface area contributed by atoms with E-state index in [1.54, 1.807) is 43.3 Å². The lowest BCUT2D eigenvalue weighted by molar-refractivity contribution is -0.132. The first-order valence-electron chi connectivity index (χ1n) is 12.7. The molecule has 10 nitrogen and oxygen atoms in total. The number of Topliss-reactive ketones (excluding diaryl/α,β-unsaturated/α-hetero) is 1. The first-order valence-corrected chi connectivity index (χ1v) is 13.5. The van der Waals surface area contributed by atoms with Gasteiger partial charge in [-0.2, -0.15) is 0 Å². The van der Waals surface area contributed by atoms with Gasteiger partial charge < -0.3 is 24.1 Å². The van der Waals surface area contributed by atoms with Crippen LogP contribution in [0.25, 0.3) is 5.76 Å². The number of ketones is 1. The summed E-state index contributed by atoms with van der Waals surface area (Å²) in [4.78, 5) is 45.3. The summed E-state index contributed by atoms with van der Waals surface area (Å²) in [5, 5.41) is 11.7. The minimum atomic E-state index is -1.07. The van der Waals surface area contributed by atoms with Crippen molar-refractivity contribution in [1.82, 2.24) is 4.98 Å². The second kappa shape index (κ2) is 10.6. The van der Waals surface area contributed by atoms with Crippen LogP contribution < -0.4 is 19.1 Å². The highest BCUT2D eigenvalue weighted by molar-refractivity contribution is 7.17. The van der Waals surface area contributed by atoms with Crippen molar-refractivity contribution in [2.75, 3.05) is 25.7 Å². The third-order valence-corrected chi connectivity index (χ3v) is 7.92. The molecule has 0 saturated carbocycles. The molecule has 1 amide bonds. The molecule has 2 aliphatic rings. The topological polar surface area (TPSA) is 124 Å². The third-order valence-electron chi connectivity index (χ3n) is 6.78. The molecule has 0 spiro atoms. The molecule has 11 heteroatoms. The van der Waals surface area contributed by atoms with Crippen LogP contribution in [-0.4, -0.2) is 54.7 Å². The summed E-state index contributed by atoms with van der Waals surface area (Å²) in [6.07, 6.45) is 0.644. The molecule has 2 unspecified atom stereocenters. The van der Waals surface area contributed by atoms with Crippen LogP contribution in [0.1, 0.15) is 51.9 Å². The number of aromatic nitrogens is 1. The van der Waals surface area contributed by atoms with Gasteiger partial charge in [-0.05, 0) is 62.2 Å². The number of benzene rings is 2. The summed E-state index contributed by atoms with van der Waals surface area (Å²) < 4.78 is 21.8. The summed E-state index contributed by atoms with van der Waals surface area (Å²) in [6.45, 7) is 5.81. The first kappa shape index (κ1) is 27.2. The molecular formula is C29H28N2O8S. The van der Waals surface area contributed by atoms with E-state index < -0.39 is 23.7 Å². The van der Waals surface area contributed by atoms with Gasteiger partial charge in [0.25, 0.3) is 5.78 Å². The number of hydrogen-bond donors (Lipinski definition) is 1. The molecule has 0 aliphatic carbocycles. The smallest absolute Gasteiger partial charge is 0.350 e. The van der Waals surface area contributed by atoms with E-state index in [-0.39, 0.29) is 27.4 Å². The Morgan fingerprint density at radius 3 is 2.65 bits per heavy atom. The number of fused-ring (bicyclic) bond motifs is 1. The van der Waals surface area contributed by atoms with E-state index in [0.29, 0.717) is 47.1 Å². The van der Waals surface area contributed by atoms with E-state index in [2.05, 4.69) is 4.98 Å². The van der Waals surface area contributed by atoms with Crippen LogP contribution in [0.3, 0.4) is 0 Å². The number of aliphatic hydroxyl groups is 1. The maximum Gasteiger partial charge on any atom is 0.350 e. The highest BCUT2D eigenvalue weighted by atomic mass is 32.1. The number of thiazole rings is 1. The summed E-state index contributed by atoms with van der Waals surface area (Å²) in [6, 6.07) is 9.12. The van der Waals surface area contributed by atoms with Crippen LogP contribution in [0.2, 0.25) is 0 Å². The molecule has 1 saturated heterocycles. The number of anilines is 1. The fourth-order valence-electron chi connectivity index (χ4n) is 4.97. The van der Waals surface area contributed by atoms with Crippen molar-refractivity contribution in [3.05, 3.63) is 69.2 Å². The maximum absolute atomic E-state index is 13.6. The van der Waals surface area contributed by atoms with E-state index in [9.17, 15) is 19.5 Å². The minimum Gasteiger partial charge on any atom is -0.507 e. The van der Waals surface area contributed by atoms with E-state index in [4.69, 9.17) is 18.9 Å². The maximum atomic E-state index is 13.6. The monoisotopic (exact) mass is 564 g/mol. The van der Waals surface area contributed by atoms with Crippen molar-refractivity contribution < 1.29 is 38.4 Å². The molecule has 0 bridgehead atoms. The predicted octanol–water partition coefficient (Wildman–Crippen LogP) is 4.60. The number of methoxy groups -OCH3 is 2. The van der Waals surface area contributed by atoms with Crippen molar-refractivity contribution in [1.29, 1.82) is 0 Å². The summed E-state index contributed by atoms with van der Waals surface area (Å²) in [7, 11) is 2.74. The van der Waals surface area contributed by atoms with E-state index >= 15 is 0 Å². The molecule has 1 fully saturated rings. The molecule has 3 aromatic rings. The van der Waals surface area contributed by atoms with Crippen molar-refractivity contribution >= 4 is 39.9 Å². The Labute approximate surface area is 234 Å². The Morgan fingerprint density at radius 2 is 1.95 bits per heavy atom. The van der Waals surface area contributed by atoms with Crippen molar-refractivity contribution in [2.45, 2.75) is 39.3 Å². The molecule has 2 aromatic carbocycles. The number of aliphatic hydroxyl groups excluding tert-OH is 1.